The maximum atomic E-state index is 14.1. The molecule has 0 saturated carbocycles. The molecule has 4 heterocycles. The SMILES string of the molecule is Cc1cn(-c2ccc3n(c2=O)CCN(CCOc2ccc(F)c4c2C(F)(F)C(F)(F)O4)C3=O)cn1. The molecule has 8 nitrogen and oxygen atoms in total. The number of alkyl halides is 4. The number of carbonyl (C=O) groups is 1. The summed E-state index contributed by atoms with van der Waals surface area (Å²) in [6.07, 6.45) is -1.76. The van der Waals surface area contributed by atoms with Crippen LogP contribution in [0.2, 0.25) is 0 Å². The number of rotatable bonds is 5. The zero-order chi connectivity index (χ0) is 25.1. The summed E-state index contributed by atoms with van der Waals surface area (Å²) in [7, 11) is 0. The summed E-state index contributed by atoms with van der Waals surface area (Å²) in [5.41, 5.74) is -0.594. The first-order valence-corrected chi connectivity index (χ1v) is 10.5. The second-order valence-electron chi connectivity index (χ2n) is 8.07. The van der Waals surface area contributed by atoms with Crippen molar-refractivity contribution in [1.29, 1.82) is 0 Å². The van der Waals surface area contributed by atoms with Gasteiger partial charge in [0.1, 0.15) is 29.3 Å². The minimum Gasteiger partial charge on any atom is -0.491 e. The van der Waals surface area contributed by atoms with Gasteiger partial charge in [-0.3, -0.25) is 9.59 Å². The molecule has 184 valence electrons. The fourth-order valence-corrected chi connectivity index (χ4v) is 4.08. The molecule has 1 aromatic carbocycles. The number of hydrogen-bond acceptors (Lipinski definition) is 5. The Bertz CT molecular complexity index is 1400. The molecule has 5 rings (SSSR count). The third-order valence-electron chi connectivity index (χ3n) is 5.84. The van der Waals surface area contributed by atoms with E-state index in [0.717, 1.165) is 6.07 Å². The van der Waals surface area contributed by atoms with Crippen molar-refractivity contribution in [2.45, 2.75) is 25.5 Å². The second-order valence-corrected chi connectivity index (χ2v) is 8.07. The average Bonchev–Trinajstić information content (AvgIpc) is 3.30. The number of halogens is 5. The fraction of sp³-hybridized carbons (Fsp3) is 0.318. The van der Waals surface area contributed by atoms with E-state index in [4.69, 9.17) is 4.74 Å². The van der Waals surface area contributed by atoms with Gasteiger partial charge in [-0.1, -0.05) is 0 Å². The Kier molecular flexibility index (Phi) is 5.11. The Morgan fingerprint density at radius 1 is 1.11 bits per heavy atom. The lowest BCUT2D eigenvalue weighted by atomic mass is 10.1. The van der Waals surface area contributed by atoms with Crippen LogP contribution < -0.4 is 15.0 Å². The molecule has 0 bridgehead atoms. The third-order valence-corrected chi connectivity index (χ3v) is 5.84. The Hall–Kier alpha value is -3.90. The van der Waals surface area contributed by atoms with Crippen molar-refractivity contribution in [3.63, 3.8) is 0 Å². The van der Waals surface area contributed by atoms with Crippen molar-refractivity contribution in [2.24, 2.45) is 0 Å². The molecule has 0 radical (unpaired) electrons. The number of amides is 1. The Labute approximate surface area is 194 Å². The first-order chi connectivity index (χ1) is 16.5. The molecule has 2 aromatic heterocycles. The number of ether oxygens (including phenoxy) is 2. The average molecular weight is 496 g/mol. The highest BCUT2D eigenvalue weighted by Crippen LogP contribution is 2.57. The molecule has 0 spiro atoms. The molecule has 0 aliphatic carbocycles. The number of imidazole rings is 1. The van der Waals surface area contributed by atoms with Gasteiger partial charge in [0, 0.05) is 19.3 Å². The van der Waals surface area contributed by atoms with E-state index in [2.05, 4.69) is 9.72 Å². The van der Waals surface area contributed by atoms with Crippen molar-refractivity contribution in [3.05, 3.63) is 69.9 Å². The summed E-state index contributed by atoms with van der Waals surface area (Å²) < 4.78 is 81.2. The van der Waals surface area contributed by atoms with Gasteiger partial charge in [0.2, 0.25) is 0 Å². The first kappa shape index (κ1) is 22.9. The van der Waals surface area contributed by atoms with E-state index in [-0.39, 0.29) is 37.5 Å². The van der Waals surface area contributed by atoms with Gasteiger partial charge in [0.05, 0.1) is 18.6 Å². The minimum atomic E-state index is -4.93. The van der Waals surface area contributed by atoms with Crippen molar-refractivity contribution < 1.29 is 36.2 Å². The van der Waals surface area contributed by atoms with Gasteiger partial charge in [0.15, 0.2) is 11.6 Å². The second kappa shape index (κ2) is 7.82. The molecular weight excluding hydrogens is 479 g/mol. The van der Waals surface area contributed by atoms with Crippen molar-refractivity contribution >= 4 is 5.91 Å². The highest BCUT2D eigenvalue weighted by atomic mass is 19.3. The highest BCUT2D eigenvalue weighted by Gasteiger charge is 2.68. The molecule has 1 amide bonds. The molecule has 0 fully saturated rings. The molecule has 2 aliphatic rings. The van der Waals surface area contributed by atoms with Crippen LogP contribution in [0.4, 0.5) is 22.0 Å². The molecule has 3 aromatic rings. The lowest BCUT2D eigenvalue weighted by Gasteiger charge is -2.29. The number of benzene rings is 1. The molecule has 0 saturated heterocycles. The topological polar surface area (TPSA) is 78.6 Å². The molecule has 0 unspecified atom stereocenters. The predicted molar refractivity (Wildman–Crippen MR) is 110 cm³/mol. The van der Waals surface area contributed by atoms with Gasteiger partial charge in [-0.2, -0.15) is 17.6 Å². The molecule has 2 aliphatic heterocycles. The van der Waals surface area contributed by atoms with Gasteiger partial charge >= 0.3 is 12.0 Å². The molecule has 0 N–H and O–H groups in total. The van der Waals surface area contributed by atoms with Crippen LogP contribution in [-0.2, 0) is 12.5 Å². The van der Waals surface area contributed by atoms with Gasteiger partial charge < -0.3 is 23.5 Å². The van der Waals surface area contributed by atoms with E-state index < -0.39 is 40.8 Å². The molecule has 0 atom stereocenters. The van der Waals surface area contributed by atoms with Crippen LogP contribution >= 0.6 is 0 Å². The summed E-state index contributed by atoms with van der Waals surface area (Å²) in [6.45, 7) is 1.63. The fourth-order valence-electron chi connectivity index (χ4n) is 4.08. The number of hydrogen-bond donors (Lipinski definition) is 0. The smallest absolute Gasteiger partial charge is 0.469 e. The van der Waals surface area contributed by atoms with E-state index in [1.165, 1.54) is 27.9 Å². The minimum absolute atomic E-state index is 0.0928. The highest BCUT2D eigenvalue weighted by molar-refractivity contribution is 5.93. The first-order valence-electron chi connectivity index (χ1n) is 10.5. The van der Waals surface area contributed by atoms with Crippen LogP contribution in [0.15, 0.2) is 41.6 Å². The van der Waals surface area contributed by atoms with Crippen LogP contribution in [0.25, 0.3) is 5.69 Å². The quantitative estimate of drug-likeness (QED) is 0.508. The van der Waals surface area contributed by atoms with Crippen LogP contribution in [0.3, 0.4) is 0 Å². The summed E-state index contributed by atoms with van der Waals surface area (Å²) >= 11 is 0. The Balaban J connectivity index is 1.32. The predicted octanol–water partition coefficient (Wildman–Crippen LogP) is 3.09. The Morgan fingerprint density at radius 3 is 2.60 bits per heavy atom. The van der Waals surface area contributed by atoms with E-state index in [1.807, 2.05) is 0 Å². The standard InChI is InChI=1S/C22H17F5N4O4/c1-12-10-30(11-28-12)14-3-4-15-19(32)29(6-7-31(15)20(14)33)8-9-34-16-5-2-13(23)18-17(16)21(24,25)22(26,27)35-18/h2-5,10-11H,6-9H2,1H3. The van der Waals surface area contributed by atoms with Crippen LogP contribution in [0.1, 0.15) is 21.7 Å². The largest absolute Gasteiger partial charge is 0.491 e. The van der Waals surface area contributed by atoms with Crippen LogP contribution in [0.5, 0.6) is 11.5 Å². The number of nitrogens with zero attached hydrogens (tertiary/aromatic N) is 4. The van der Waals surface area contributed by atoms with Gasteiger partial charge in [0.25, 0.3) is 11.5 Å². The third kappa shape index (κ3) is 3.53. The number of aromatic nitrogens is 3. The lowest BCUT2D eigenvalue weighted by Crippen LogP contribution is -2.46. The summed E-state index contributed by atoms with van der Waals surface area (Å²) in [6, 6.07) is 4.48. The number of fused-ring (bicyclic) bond motifs is 2. The van der Waals surface area contributed by atoms with Crippen LogP contribution in [-0.4, -0.2) is 50.7 Å². The van der Waals surface area contributed by atoms with Crippen molar-refractivity contribution in [3.8, 4) is 17.2 Å². The normalized spacial score (nSPS) is 17.7. The van der Waals surface area contributed by atoms with Crippen molar-refractivity contribution in [1.82, 2.24) is 19.0 Å². The summed E-state index contributed by atoms with van der Waals surface area (Å²) in [5, 5.41) is 0. The molecular formula is C22H17F5N4O4. The lowest BCUT2D eigenvalue weighted by molar-refractivity contribution is -0.297. The van der Waals surface area contributed by atoms with E-state index in [1.54, 1.807) is 17.7 Å². The summed E-state index contributed by atoms with van der Waals surface area (Å²) in [4.78, 5) is 31.2. The maximum absolute atomic E-state index is 14.1. The van der Waals surface area contributed by atoms with E-state index in [0.29, 0.717) is 17.4 Å². The zero-order valence-electron chi connectivity index (χ0n) is 18.1. The molecule has 13 heteroatoms. The monoisotopic (exact) mass is 496 g/mol. The maximum Gasteiger partial charge on any atom is 0.469 e. The summed E-state index contributed by atoms with van der Waals surface area (Å²) in [5.74, 6) is -8.61. The number of carbonyl (C=O) groups excluding carboxylic acids is 1. The number of pyridine rings is 1. The van der Waals surface area contributed by atoms with E-state index >= 15 is 0 Å². The molecule has 35 heavy (non-hydrogen) atoms. The van der Waals surface area contributed by atoms with Crippen molar-refractivity contribution in [2.75, 3.05) is 19.7 Å². The van der Waals surface area contributed by atoms with Gasteiger partial charge in [-0.25, -0.2) is 9.37 Å². The van der Waals surface area contributed by atoms with Crippen LogP contribution in [0, 0.1) is 12.7 Å². The van der Waals surface area contributed by atoms with Gasteiger partial charge in [-0.15, -0.1) is 0 Å². The van der Waals surface area contributed by atoms with Gasteiger partial charge in [-0.05, 0) is 31.2 Å². The number of aryl methyl sites for hydroxylation is 1. The zero-order valence-corrected chi connectivity index (χ0v) is 18.1. The Morgan fingerprint density at radius 2 is 1.89 bits per heavy atom. The van der Waals surface area contributed by atoms with E-state index in [9.17, 15) is 31.5 Å².